The fourth-order valence-corrected chi connectivity index (χ4v) is 2.37. The number of hydrogen-bond acceptors (Lipinski definition) is 2. The molecule has 3 rings (SSSR count). The standard InChI is InChI=1S/C10H15N3/c1-6-9-8(13-12-6)4-5-11-10(9)7-2-3-7/h7,10-11H,2-5H2,1H3,(H,12,13). The summed E-state index contributed by atoms with van der Waals surface area (Å²) in [5, 5.41) is 11.1. The molecule has 70 valence electrons. The van der Waals surface area contributed by atoms with Gasteiger partial charge in [0, 0.05) is 30.3 Å². The molecule has 2 aliphatic rings. The maximum Gasteiger partial charge on any atom is 0.0685 e. The van der Waals surface area contributed by atoms with Crippen LogP contribution < -0.4 is 5.32 Å². The number of fused-ring (bicyclic) bond motifs is 1. The molecule has 3 nitrogen and oxygen atoms in total. The van der Waals surface area contributed by atoms with Crippen LogP contribution in [0.15, 0.2) is 0 Å². The first-order valence-corrected chi connectivity index (χ1v) is 5.13. The highest BCUT2D eigenvalue weighted by molar-refractivity contribution is 5.32. The van der Waals surface area contributed by atoms with E-state index in [2.05, 4.69) is 22.4 Å². The fourth-order valence-electron chi connectivity index (χ4n) is 2.37. The number of H-pyrrole nitrogens is 1. The van der Waals surface area contributed by atoms with Crippen LogP contribution in [-0.2, 0) is 6.42 Å². The predicted molar refractivity (Wildman–Crippen MR) is 50.5 cm³/mol. The van der Waals surface area contributed by atoms with E-state index in [4.69, 9.17) is 0 Å². The molecule has 1 aromatic heterocycles. The number of nitrogens with zero attached hydrogens (tertiary/aromatic N) is 1. The van der Waals surface area contributed by atoms with Crippen LogP contribution in [0.5, 0.6) is 0 Å². The zero-order valence-corrected chi connectivity index (χ0v) is 7.93. The average molecular weight is 177 g/mol. The van der Waals surface area contributed by atoms with Gasteiger partial charge in [0.25, 0.3) is 0 Å². The molecule has 1 fully saturated rings. The lowest BCUT2D eigenvalue weighted by Crippen LogP contribution is -2.31. The number of aromatic amines is 1. The third-order valence-corrected chi connectivity index (χ3v) is 3.20. The largest absolute Gasteiger partial charge is 0.309 e. The van der Waals surface area contributed by atoms with Gasteiger partial charge < -0.3 is 5.32 Å². The second-order valence-electron chi connectivity index (χ2n) is 4.23. The maximum absolute atomic E-state index is 4.35. The van der Waals surface area contributed by atoms with E-state index in [1.54, 1.807) is 0 Å². The summed E-state index contributed by atoms with van der Waals surface area (Å²) in [6.07, 6.45) is 3.87. The van der Waals surface area contributed by atoms with Gasteiger partial charge in [-0.25, -0.2) is 0 Å². The molecule has 0 saturated heterocycles. The number of aryl methyl sites for hydroxylation is 1. The molecule has 0 spiro atoms. The van der Waals surface area contributed by atoms with Gasteiger partial charge in [-0.2, -0.15) is 5.10 Å². The van der Waals surface area contributed by atoms with Crippen molar-refractivity contribution in [2.24, 2.45) is 5.92 Å². The fraction of sp³-hybridized carbons (Fsp3) is 0.700. The van der Waals surface area contributed by atoms with Gasteiger partial charge in [0.2, 0.25) is 0 Å². The molecule has 0 aromatic carbocycles. The van der Waals surface area contributed by atoms with Gasteiger partial charge in [0.05, 0.1) is 5.69 Å². The van der Waals surface area contributed by atoms with Gasteiger partial charge >= 0.3 is 0 Å². The van der Waals surface area contributed by atoms with Crippen molar-refractivity contribution in [2.45, 2.75) is 32.2 Å². The van der Waals surface area contributed by atoms with Crippen LogP contribution in [0.1, 0.15) is 35.8 Å². The van der Waals surface area contributed by atoms with E-state index < -0.39 is 0 Å². The summed E-state index contributed by atoms with van der Waals surface area (Å²) in [6, 6.07) is 0.600. The first-order chi connectivity index (χ1) is 6.36. The zero-order chi connectivity index (χ0) is 8.84. The molecule has 1 aromatic rings. The van der Waals surface area contributed by atoms with Crippen LogP contribution in [0.2, 0.25) is 0 Å². The lowest BCUT2D eigenvalue weighted by atomic mass is 9.95. The smallest absolute Gasteiger partial charge is 0.0685 e. The molecule has 0 amide bonds. The molecular formula is C10H15N3. The Balaban J connectivity index is 2.03. The Labute approximate surface area is 77.9 Å². The van der Waals surface area contributed by atoms with E-state index >= 15 is 0 Å². The molecule has 1 atom stereocenters. The third-order valence-electron chi connectivity index (χ3n) is 3.20. The van der Waals surface area contributed by atoms with Crippen LogP contribution in [0.4, 0.5) is 0 Å². The second-order valence-corrected chi connectivity index (χ2v) is 4.23. The molecular weight excluding hydrogens is 162 g/mol. The Morgan fingerprint density at radius 2 is 2.23 bits per heavy atom. The summed E-state index contributed by atoms with van der Waals surface area (Å²) in [7, 11) is 0. The number of rotatable bonds is 1. The van der Waals surface area contributed by atoms with E-state index in [0.29, 0.717) is 6.04 Å². The van der Waals surface area contributed by atoms with Crippen LogP contribution >= 0.6 is 0 Å². The second kappa shape index (κ2) is 2.58. The SMILES string of the molecule is Cc1[nH]nc2c1C(C1CC1)NCC2. The van der Waals surface area contributed by atoms with Gasteiger partial charge in [-0.15, -0.1) is 0 Å². The summed E-state index contributed by atoms with van der Waals surface area (Å²) < 4.78 is 0. The van der Waals surface area contributed by atoms with Gasteiger partial charge in [-0.3, -0.25) is 5.10 Å². The first kappa shape index (κ1) is 7.56. The van der Waals surface area contributed by atoms with Crippen molar-refractivity contribution in [3.63, 3.8) is 0 Å². The molecule has 13 heavy (non-hydrogen) atoms. The van der Waals surface area contributed by atoms with Crippen molar-refractivity contribution < 1.29 is 0 Å². The summed E-state index contributed by atoms with van der Waals surface area (Å²) in [4.78, 5) is 0. The van der Waals surface area contributed by atoms with E-state index in [-0.39, 0.29) is 0 Å². The van der Waals surface area contributed by atoms with Crippen molar-refractivity contribution in [3.05, 3.63) is 17.0 Å². The Morgan fingerprint density at radius 3 is 3.00 bits per heavy atom. The van der Waals surface area contributed by atoms with Gasteiger partial charge in [-0.1, -0.05) is 0 Å². The van der Waals surface area contributed by atoms with E-state index in [0.717, 1.165) is 18.9 Å². The van der Waals surface area contributed by atoms with Crippen LogP contribution in [-0.4, -0.2) is 16.7 Å². The maximum atomic E-state index is 4.35. The number of nitrogens with one attached hydrogen (secondary N) is 2. The molecule has 1 unspecified atom stereocenters. The molecule has 1 aliphatic carbocycles. The van der Waals surface area contributed by atoms with Crippen molar-refractivity contribution in [1.29, 1.82) is 0 Å². The normalized spacial score (nSPS) is 27.3. The molecule has 3 heteroatoms. The Bertz CT molecular complexity index is 325. The summed E-state index contributed by atoms with van der Waals surface area (Å²) in [6.45, 7) is 3.23. The highest BCUT2D eigenvalue weighted by atomic mass is 15.1. The van der Waals surface area contributed by atoms with Crippen molar-refractivity contribution in [3.8, 4) is 0 Å². The van der Waals surface area contributed by atoms with Crippen LogP contribution in [0.3, 0.4) is 0 Å². The van der Waals surface area contributed by atoms with E-state index in [1.165, 1.54) is 29.8 Å². The van der Waals surface area contributed by atoms with Crippen LogP contribution in [0, 0.1) is 12.8 Å². The first-order valence-electron chi connectivity index (χ1n) is 5.13. The van der Waals surface area contributed by atoms with Gasteiger partial charge in [0.15, 0.2) is 0 Å². The summed E-state index contributed by atoms with van der Waals surface area (Å²) in [5.41, 5.74) is 4.03. The summed E-state index contributed by atoms with van der Waals surface area (Å²) >= 11 is 0. The van der Waals surface area contributed by atoms with Gasteiger partial charge in [0.1, 0.15) is 0 Å². The Hall–Kier alpha value is -0.830. The van der Waals surface area contributed by atoms with Crippen LogP contribution in [0.25, 0.3) is 0 Å². The average Bonchev–Trinajstić information content (AvgIpc) is 2.92. The Morgan fingerprint density at radius 1 is 1.38 bits per heavy atom. The molecule has 2 N–H and O–H groups in total. The number of aromatic nitrogens is 2. The third kappa shape index (κ3) is 1.10. The van der Waals surface area contributed by atoms with Crippen molar-refractivity contribution in [2.75, 3.05) is 6.54 Å². The minimum Gasteiger partial charge on any atom is -0.309 e. The Kier molecular flexibility index (Phi) is 1.50. The van der Waals surface area contributed by atoms with Gasteiger partial charge in [-0.05, 0) is 25.7 Å². The molecule has 2 heterocycles. The van der Waals surface area contributed by atoms with Crippen molar-refractivity contribution in [1.82, 2.24) is 15.5 Å². The number of hydrogen-bond donors (Lipinski definition) is 2. The highest BCUT2D eigenvalue weighted by Crippen LogP contribution is 2.43. The monoisotopic (exact) mass is 177 g/mol. The zero-order valence-electron chi connectivity index (χ0n) is 7.93. The molecule has 0 bridgehead atoms. The lowest BCUT2D eigenvalue weighted by Gasteiger charge is -2.23. The lowest BCUT2D eigenvalue weighted by molar-refractivity contribution is 0.455. The van der Waals surface area contributed by atoms with Crippen molar-refractivity contribution >= 4 is 0 Å². The molecule has 0 radical (unpaired) electrons. The minimum absolute atomic E-state index is 0.600. The molecule has 1 saturated carbocycles. The highest BCUT2D eigenvalue weighted by Gasteiger charge is 2.36. The molecule has 1 aliphatic heterocycles. The minimum atomic E-state index is 0.600. The van der Waals surface area contributed by atoms with E-state index in [9.17, 15) is 0 Å². The predicted octanol–water partition coefficient (Wildman–Crippen LogP) is 1.31. The topological polar surface area (TPSA) is 40.7 Å². The summed E-state index contributed by atoms with van der Waals surface area (Å²) in [5.74, 6) is 0.885. The van der Waals surface area contributed by atoms with E-state index in [1.807, 2.05) is 0 Å². The quantitative estimate of drug-likeness (QED) is 0.679.